The van der Waals surface area contributed by atoms with Crippen LogP contribution in [0.2, 0.25) is 0 Å². The number of methoxy groups -OCH3 is 1. The smallest absolute Gasteiger partial charge is 0.343 e. The second kappa shape index (κ2) is 7.54. The summed E-state index contributed by atoms with van der Waals surface area (Å²) in [6, 6.07) is 20.9. The first kappa shape index (κ1) is 19.5. The molecule has 0 aliphatic carbocycles. The Balaban J connectivity index is 1.86. The van der Waals surface area contributed by atoms with Crippen LogP contribution in [0.25, 0.3) is 0 Å². The Morgan fingerprint density at radius 3 is 2.53 bits per heavy atom. The molecule has 1 aliphatic heterocycles. The van der Waals surface area contributed by atoms with Crippen molar-refractivity contribution in [1.82, 2.24) is 0 Å². The molecule has 30 heavy (non-hydrogen) atoms. The van der Waals surface area contributed by atoms with E-state index in [9.17, 15) is 13.2 Å². The molecule has 0 N–H and O–H groups in total. The molecular formula is C22H17N3O4S. The lowest BCUT2D eigenvalue weighted by Crippen LogP contribution is -2.50. The fourth-order valence-corrected chi connectivity index (χ4v) is 4.96. The van der Waals surface area contributed by atoms with Gasteiger partial charge in [-0.3, -0.25) is 4.90 Å². The summed E-state index contributed by atoms with van der Waals surface area (Å²) in [5.74, 6) is 0.433. The lowest BCUT2D eigenvalue weighted by molar-refractivity contribution is 0.253. The molecule has 0 spiro atoms. The van der Waals surface area contributed by atoms with Crippen molar-refractivity contribution in [2.24, 2.45) is 0 Å². The van der Waals surface area contributed by atoms with Crippen molar-refractivity contribution < 1.29 is 17.9 Å². The van der Waals surface area contributed by atoms with Gasteiger partial charge in [0.05, 0.1) is 36.7 Å². The van der Waals surface area contributed by atoms with Crippen molar-refractivity contribution >= 4 is 27.4 Å². The van der Waals surface area contributed by atoms with Crippen LogP contribution in [0.3, 0.4) is 0 Å². The van der Waals surface area contributed by atoms with Crippen LogP contribution in [0.5, 0.6) is 5.75 Å². The van der Waals surface area contributed by atoms with E-state index in [1.165, 1.54) is 24.1 Å². The lowest BCUT2D eigenvalue weighted by atomic mass is 10.1. The van der Waals surface area contributed by atoms with Gasteiger partial charge in [-0.25, -0.2) is 13.2 Å². The number of urea groups is 1. The maximum Gasteiger partial charge on any atom is 0.343 e. The summed E-state index contributed by atoms with van der Waals surface area (Å²) in [6.07, 6.45) is 0. The second-order valence-corrected chi connectivity index (χ2v) is 8.37. The van der Waals surface area contributed by atoms with E-state index in [1.54, 1.807) is 60.7 Å². The lowest BCUT2D eigenvalue weighted by Gasteiger charge is -2.36. The number of amides is 2. The van der Waals surface area contributed by atoms with E-state index in [4.69, 9.17) is 10.00 Å². The highest BCUT2D eigenvalue weighted by atomic mass is 32.2. The van der Waals surface area contributed by atoms with Crippen molar-refractivity contribution in [2.75, 3.05) is 16.3 Å². The molecule has 3 aromatic carbocycles. The van der Waals surface area contributed by atoms with Gasteiger partial charge < -0.3 is 4.74 Å². The topological polar surface area (TPSA) is 90.7 Å². The highest BCUT2D eigenvalue weighted by Gasteiger charge is 2.42. The van der Waals surface area contributed by atoms with E-state index in [0.717, 1.165) is 4.31 Å². The molecule has 0 bridgehead atoms. The third-order valence-electron chi connectivity index (χ3n) is 4.76. The van der Waals surface area contributed by atoms with Crippen LogP contribution in [-0.2, 0) is 16.6 Å². The number of nitriles is 1. The number of hydrogen-bond acceptors (Lipinski definition) is 5. The summed E-state index contributed by atoms with van der Waals surface area (Å²) < 4.78 is 32.6. The van der Waals surface area contributed by atoms with Gasteiger partial charge in [0.1, 0.15) is 10.6 Å². The number of anilines is 2. The van der Waals surface area contributed by atoms with Crippen LogP contribution < -0.4 is 13.9 Å². The van der Waals surface area contributed by atoms with E-state index in [2.05, 4.69) is 6.07 Å². The fraction of sp³-hybridized carbons (Fsp3) is 0.0909. The fourth-order valence-electron chi connectivity index (χ4n) is 3.37. The molecule has 1 aliphatic rings. The molecule has 0 radical (unpaired) electrons. The van der Waals surface area contributed by atoms with Gasteiger partial charge in [-0.15, -0.1) is 0 Å². The number of para-hydroxylation sites is 1. The molecule has 2 amide bonds. The zero-order chi connectivity index (χ0) is 21.3. The van der Waals surface area contributed by atoms with Gasteiger partial charge in [0.2, 0.25) is 0 Å². The number of carbonyl (C=O) groups excluding carboxylic acids is 1. The van der Waals surface area contributed by atoms with Gasteiger partial charge in [-0.1, -0.05) is 30.3 Å². The largest absolute Gasteiger partial charge is 0.497 e. The molecule has 0 aromatic heterocycles. The minimum absolute atomic E-state index is 0.0313. The third kappa shape index (κ3) is 3.25. The Labute approximate surface area is 174 Å². The minimum atomic E-state index is -4.11. The number of fused-ring (bicyclic) bond motifs is 1. The molecule has 0 saturated carbocycles. The average molecular weight is 419 g/mol. The van der Waals surface area contributed by atoms with Crippen molar-refractivity contribution in [2.45, 2.75) is 11.4 Å². The molecule has 3 aromatic rings. The van der Waals surface area contributed by atoms with Crippen LogP contribution in [0.15, 0.2) is 77.7 Å². The number of hydrogen-bond donors (Lipinski definition) is 0. The van der Waals surface area contributed by atoms with Gasteiger partial charge in [0.15, 0.2) is 0 Å². The first-order chi connectivity index (χ1) is 14.5. The number of nitrogens with zero attached hydrogens (tertiary/aromatic N) is 3. The molecule has 1 heterocycles. The van der Waals surface area contributed by atoms with E-state index >= 15 is 0 Å². The average Bonchev–Trinajstić information content (AvgIpc) is 2.77. The van der Waals surface area contributed by atoms with Gasteiger partial charge in [0, 0.05) is 6.07 Å². The van der Waals surface area contributed by atoms with Crippen LogP contribution in [-0.4, -0.2) is 21.6 Å². The van der Waals surface area contributed by atoms with Gasteiger partial charge in [0.25, 0.3) is 10.0 Å². The summed E-state index contributed by atoms with van der Waals surface area (Å²) in [5.41, 5.74) is 1.65. The number of rotatable bonds is 4. The SMILES string of the molecule is COc1cccc(N2C(=O)N(Cc3cccc(C#N)c3)c3ccccc3S2(=O)=O)c1. The molecule has 7 nitrogen and oxygen atoms in total. The number of sulfonamides is 1. The molecular weight excluding hydrogens is 402 g/mol. The van der Waals surface area contributed by atoms with Crippen molar-refractivity contribution in [3.05, 3.63) is 83.9 Å². The molecule has 8 heteroatoms. The first-order valence-corrected chi connectivity index (χ1v) is 10.5. The van der Waals surface area contributed by atoms with E-state index in [-0.39, 0.29) is 17.1 Å². The molecule has 0 fully saturated rings. The Hall–Kier alpha value is -3.83. The number of carbonyl (C=O) groups is 1. The maximum atomic E-state index is 13.4. The Morgan fingerprint density at radius 1 is 1.00 bits per heavy atom. The van der Waals surface area contributed by atoms with Crippen LogP contribution in [0, 0.1) is 11.3 Å². The zero-order valence-corrected chi connectivity index (χ0v) is 16.8. The summed E-state index contributed by atoms with van der Waals surface area (Å²) in [4.78, 5) is 14.9. The molecule has 0 unspecified atom stereocenters. The normalized spacial score (nSPS) is 14.7. The quantitative estimate of drug-likeness (QED) is 0.640. The molecule has 0 atom stereocenters. The summed E-state index contributed by atoms with van der Waals surface area (Å²) in [6.45, 7) is 0.112. The minimum Gasteiger partial charge on any atom is -0.497 e. The number of benzene rings is 3. The van der Waals surface area contributed by atoms with Gasteiger partial charge >= 0.3 is 6.03 Å². The van der Waals surface area contributed by atoms with Gasteiger partial charge in [-0.2, -0.15) is 9.57 Å². The highest BCUT2D eigenvalue weighted by Crippen LogP contribution is 2.38. The maximum absolute atomic E-state index is 13.4. The van der Waals surface area contributed by atoms with Crippen molar-refractivity contribution in [3.8, 4) is 11.8 Å². The van der Waals surface area contributed by atoms with Crippen LogP contribution in [0.4, 0.5) is 16.2 Å². The predicted molar refractivity (Wildman–Crippen MR) is 112 cm³/mol. The standard InChI is InChI=1S/C22H17N3O4S/c1-29-19-9-5-8-18(13-19)25-22(26)24(15-17-7-4-6-16(12-17)14-23)20-10-2-3-11-21(20)30(25,27)28/h2-13H,15H2,1H3. The zero-order valence-electron chi connectivity index (χ0n) is 16.0. The summed E-state index contributed by atoms with van der Waals surface area (Å²) in [5, 5.41) is 9.16. The van der Waals surface area contributed by atoms with Gasteiger partial charge in [-0.05, 0) is 42.0 Å². The number of ether oxygens (including phenoxy) is 1. The molecule has 0 saturated heterocycles. The third-order valence-corrected chi connectivity index (χ3v) is 6.51. The monoisotopic (exact) mass is 419 g/mol. The summed E-state index contributed by atoms with van der Waals surface area (Å²) >= 11 is 0. The van der Waals surface area contributed by atoms with Crippen LogP contribution in [0.1, 0.15) is 11.1 Å². The van der Waals surface area contributed by atoms with E-state index < -0.39 is 16.1 Å². The Bertz CT molecular complexity index is 1280. The second-order valence-electron chi connectivity index (χ2n) is 6.62. The summed E-state index contributed by atoms with van der Waals surface area (Å²) in [7, 11) is -2.65. The van der Waals surface area contributed by atoms with Crippen molar-refractivity contribution in [3.63, 3.8) is 0 Å². The van der Waals surface area contributed by atoms with Crippen molar-refractivity contribution in [1.29, 1.82) is 5.26 Å². The molecule has 150 valence electrons. The molecule has 4 rings (SSSR count). The Morgan fingerprint density at radius 2 is 1.77 bits per heavy atom. The first-order valence-electron chi connectivity index (χ1n) is 9.04. The van der Waals surface area contributed by atoms with Crippen LogP contribution >= 0.6 is 0 Å². The highest BCUT2D eigenvalue weighted by molar-refractivity contribution is 7.94. The van der Waals surface area contributed by atoms with E-state index in [1.807, 2.05) is 0 Å². The predicted octanol–water partition coefficient (Wildman–Crippen LogP) is 3.90. The Kier molecular flexibility index (Phi) is 4.90. The van der Waals surface area contributed by atoms with E-state index in [0.29, 0.717) is 22.6 Å².